The molecule has 3 heteroatoms. The van der Waals surface area contributed by atoms with Crippen molar-refractivity contribution < 1.29 is 4.79 Å². The van der Waals surface area contributed by atoms with Gasteiger partial charge in [0, 0.05) is 12.2 Å². The van der Waals surface area contributed by atoms with Crippen molar-refractivity contribution in [3.05, 3.63) is 65.2 Å². The van der Waals surface area contributed by atoms with Gasteiger partial charge in [-0.2, -0.15) is 0 Å². The lowest BCUT2D eigenvalue weighted by Crippen LogP contribution is -2.25. The van der Waals surface area contributed by atoms with Crippen LogP contribution in [0.5, 0.6) is 0 Å². The fraction of sp³-hybridized carbons (Fsp3) is 0.235. The second kappa shape index (κ2) is 5.88. The topological polar surface area (TPSA) is 41.1 Å². The van der Waals surface area contributed by atoms with Crippen LogP contribution in [0, 0.1) is 0 Å². The number of rotatable bonds is 3. The van der Waals surface area contributed by atoms with E-state index in [0.29, 0.717) is 6.42 Å². The first kappa shape index (κ1) is 12.9. The predicted octanol–water partition coefficient (Wildman–Crippen LogP) is 2.51. The SMILES string of the molecule is O=C(Cc1ccccc1)Nc1cccc2c1CNCC2. The van der Waals surface area contributed by atoms with E-state index in [9.17, 15) is 4.79 Å². The van der Waals surface area contributed by atoms with E-state index in [1.54, 1.807) is 0 Å². The first-order chi connectivity index (χ1) is 9.83. The van der Waals surface area contributed by atoms with Crippen molar-refractivity contribution in [2.75, 3.05) is 11.9 Å². The number of anilines is 1. The number of hydrogen-bond acceptors (Lipinski definition) is 2. The molecular formula is C17H18N2O. The molecule has 1 heterocycles. The number of amides is 1. The maximum Gasteiger partial charge on any atom is 0.228 e. The van der Waals surface area contributed by atoms with Gasteiger partial charge in [-0.05, 0) is 35.7 Å². The Morgan fingerprint density at radius 2 is 1.95 bits per heavy atom. The zero-order valence-corrected chi connectivity index (χ0v) is 11.4. The third-order valence-corrected chi connectivity index (χ3v) is 3.63. The Labute approximate surface area is 119 Å². The summed E-state index contributed by atoms with van der Waals surface area (Å²) in [6.07, 6.45) is 1.44. The molecule has 2 N–H and O–H groups in total. The van der Waals surface area contributed by atoms with E-state index >= 15 is 0 Å². The highest BCUT2D eigenvalue weighted by molar-refractivity contribution is 5.93. The molecule has 0 fully saturated rings. The van der Waals surface area contributed by atoms with Crippen LogP contribution in [0.15, 0.2) is 48.5 Å². The Bertz CT molecular complexity index is 608. The second-order valence-corrected chi connectivity index (χ2v) is 5.08. The summed E-state index contributed by atoms with van der Waals surface area (Å²) >= 11 is 0. The van der Waals surface area contributed by atoms with Gasteiger partial charge < -0.3 is 10.6 Å². The fourth-order valence-corrected chi connectivity index (χ4v) is 2.61. The van der Waals surface area contributed by atoms with E-state index < -0.39 is 0 Å². The molecule has 1 aliphatic rings. The summed E-state index contributed by atoms with van der Waals surface area (Å²) < 4.78 is 0. The molecule has 0 saturated carbocycles. The Kier molecular flexibility index (Phi) is 3.79. The minimum atomic E-state index is 0.0372. The van der Waals surface area contributed by atoms with Crippen molar-refractivity contribution >= 4 is 11.6 Å². The molecule has 0 aliphatic carbocycles. The van der Waals surface area contributed by atoms with Crippen LogP contribution >= 0.6 is 0 Å². The first-order valence-corrected chi connectivity index (χ1v) is 6.98. The lowest BCUT2D eigenvalue weighted by molar-refractivity contribution is -0.115. The summed E-state index contributed by atoms with van der Waals surface area (Å²) in [7, 11) is 0. The number of fused-ring (bicyclic) bond motifs is 1. The lowest BCUT2D eigenvalue weighted by Gasteiger charge is -2.20. The highest BCUT2D eigenvalue weighted by Gasteiger charge is 2.14. The maximum absolute atomic E-state index is 12.1. The van der Waals surface area contributed by atoms with Gasteiger partial charge in [0.15, 0.2) is 0 Å². The fourth-order valence-electron chi connectivity index (χ4n) is 2.61. The molecule has 0 radical (unpaired) electrons. The van der Waals surface area contributed by atoms with Crippen LogP contribution in [0.4, 0.5) is 5.69 Å². The summed E-state index contributed by atoms with van der Waals surface area (Å²) in [5.74, 6) is 0.0372. The molecule has 2 aromatic rings. The Balaban J connectivity index is 1.73. The van der Waals surface area contributed by atoms with Crippen LogP contribution in [0.25, 0.3) is 0 Å². The standard InChI is InChI=1S/C17H18N2O/c20-17(11-13-5-2-1-3-6-13)19-16-8-4-7-14-9-10-18-12-15(14)16/h1-8,18H,9-12H2,(H,19,20). The van der Waals surface area contributed by atoms with E-state index in [1.165, 1.54) is 11.1 Å². The molecule has 3 rings (SSSR count). The molecule has 0 unspecified atom stereocenters. The molecule has 0 atom stereocenters. The highest BCUT2D eigenvalue weighted by atomic mass is 16.1. The van der Waals surface area contributed by atoms with Crippen molar-refractivity contribution in [3.8, 4) is 0 Å². The van der Waals surface area contributed by atoms with Crippen LogP contribution in [0.2, 0.25) is 0 Å². The van der Waals surface area contributed by atoms with E-state index in [0.717, 1.165) is 30.8 Å². The number of carbonyl (C=O) groups is 1. The summed E-state index contributed by atoms with van der Waals surface area (Å²) in [6.45, 7) is 1.84. The molecule has 0 aromatic heterocycles. The van der Waals surface area contributed by atoms with Crippen molar-refractivity contribution in [3.63, 3.8) is 0 Å². The molecule has 0 bridgehead atoms. The van der Waals surface area contributed by atoms with E-state index in [2.05, 4.69) is 16.7 Å². The van der Waals surface area contributed by atoms with Gasteiger partial charge >= 0.3 is 0 Å². The summed E-state index contributed by atoms with van der Waals surface area (Å²) in [4.78, 5) is 12.1. The molecule has 0 spiro atoms. The third kappa shape index (κ3) is 2.89. The molecule has 2 aromatic carbocycles. The summed E-state index contributed by atoms with van der Waals surface area (Å²) in [6, 6.07) is 16.0. The van der Waals surface area contributed by atoms with Gasteiger partial charge in [-0.3, -0.25) is 4.79 Å². The van der Waals surface area contributed by atoms with Crippen LogP contribution in [0.3, 0.4) is 0 Å². The third-order valence-electron chi connectivity index (χ3n) is 3.63. The van der Waals surface area contributed by atoms with Gasteiger partial charge in [0.25, 0.3) is 0 Å². The van der Waals surface area contributed by atoms with Gasteiger partial charge in [0.05, 0.1) is 6.42 Å². The van der Waals surface area contributed by atoms with Crippen molar-refractivity contribution in [1.82, 2.24) is 5.32 Å². The van der Waals surface area contributed by atoms with Gasteiger partial charge in [-0.15, -0.1) is 0 Å². The number of nitrogens with one attached hydrogen (secondary N) is 2. The predicted molar refractivity (Wildman–Crippen MR) is 80.6 cm³/mol. The summed E-state index contributed by atoms with van der Waals surface area (Å²) in [5.41, 5.74) is 4.53. The van der Waals surface area contributed by atoms with Crippen molar-refractivity contribution in [1.29, 1.82) is 0 Å². The molecular weight excluding hydrogens is 248 g/mol. The zero-order chi connectivity index (χ0) is 13.8. The maximum atomic E-state index is 12.1. The largest absolute Gasteiger partial charge is 0.325 e. The van der Waals surface area contributed by atoms with Crippen molar-refractivity contribution in [2.45, 2.75) is 19.4 Å². The lowest BCUT2D eigenvalue weighted by atomic mass is 9.99. The minimum absolute atomic E-state index is 0.0372. The second-order valence-electron chi connectivity index (χ2n) is 5.08. The van der Waals surface area contributed by atoms with E-state index in [4.69, 9.17) is 0 Å². The molecule has 1 amide bonds. The monoisotopic (exact) mass is 266 g/mol. The molecule has 1 aliphatic heterocycles. The number of carbonyl (C=O) groups excluding carboxylic acids is 1. The summed E-state index contributed by atoms with van der Waals surface area (Å²) in [5, 5.41) is 6.39. The average Bonchev–Trinajstić information content (AvgIpc) is 2.48. The smallest absolute Gasteiger partial charge is 0.228 e. The van der Waals surface area contributed by atoms with E-state index in [1.807, 2.05) is 42.5 Å². The quantitative estimate of drug-likeness (QED) is 0.896. The number of hydrogen-bond donors (Lipinski definition) is 2. The Hall–Kier alpha value is -2.13. The minimum Gasteiger partial charge on any atom is -0.325 e. The zero-order valence-electron chi connectivity index (χ0n) is 11.4. The number of benzene rings is 2. The van der Waals surface area contributed by atoms with Gasteiger partial charge in [-0.1, -0.05) is 42.5 Å². The molecule has 20 heavy (non-hydrogen) atoms. The van der Waals surface area contributed by atoms with Crippen molar-refractivity contribution in [2.24, 2.45) is 0 Å². The molecule has 3 nitrogen and oxygen atoms in total. The van der Waals surface area contributed by atoms with Crippen LogP contribution in [-0.2, 0) is 24.2 Å². The van der Waals surface area contributed by atoms with E-state index in [-0.39, 0.29) is 5.91 Å². The van der Waals surface area contributed by atoms with Gasteiger partial charge in [-0.25, -0.2) is 0 Å². The Morgan fingerprint density at radius 1 is 1.10 bits per heavy atom. The van der Waals surface area contributed by atoms with Crippen LogP contribution in [-0.4, -0.2) is 12.5 Å². The average molecular weight is 266 g/mol. The van der Waals surface area contributed by atoms with Crippen LogP contribution in [0.1, 0.15) is 16.7 Å². The van der Waals surface area contributed by atoms with Gasteiger partial charge in [0.1, 0.15) is 0 Å². The van der Waals surface area contributed by atoms with Crippen LogP contribution < -0.4 is 10.6 Å². The normalized spacial score (nSPS) is 13.6. The van der Waals surface area contributed by atoms with Gasteiger partial charge in [0.2, 0.25) is 5.91 Å². The highest BCUT2D eigenvalue weighted by Crippen LogP contribution is 2.23. The molecule has 102 valence electrons. The molecule has 0 saturated heterocycles. The first-order valence-electron chi connectivity index (χ1n) is 6.98. The Morgan fingerprint density at radius 3 is 2.80 bits per heavy atom.